The molecule has 0 saturated heterocycles. The molecule has 0 unspecified atom stereocenters. The summed E-state index contributed by atoms with van der Waals surface area (Å²) in [6.07, 6.45) is 0. The van der Waals surface area contributed by atoms with Crippen LogP contribution in [0.2, 0.25) is 0 Å². The van der Waals surface area contributed by atoms with E-state index in [-0.39, 0.29) is 5.92 Å². The first-order chi connectivity index (χ1) is 10.6. The maximum absolute atomic E-state index is 12.2. The normalized spacial score (nSPS) is 13.1. The molecule has 0 fully saturated rings. The number of rotatable bonds is 5. The lowest BCUT2D eigenvalue weighted by molar-refractivity contribution is -0.125. The van der Waals surface area contributed by atoms with Crippen molar-refractivity contribution < 1.29 is 14.3 Å². The predicted octanol–water partition coefficient (Wildman–Crippen LogP) is 2.82. The summed E-state index contributed by atoms with van der Waals surface area (Å²) in [7, 11) is 0. The summed E-state index contributed by atoms with van der Waals surface area (Å²) in [5.74, 6) is -1.08. The summed E-state index contributed by atoms with van der Waals surface area (Å²) in [6, 6.07) is 5.88. The van der Waals surface area contributed by atoms with Gasteiger partial charge in [-0.1, -0.05) is 31.5 Å². The lowest BCUT2D eigenvalue weighted by Gasteiger charge is -2.27. The average Bonchev–Trinajstić information content (AvgIpc) is 2.43. The van der Waals surface area contributed by atoms with Crippen LogP contribution in [0.3, 0.4) is 0 Å². The van der Waals surface area contributed by atoms with Gasteiger partial charge in [-0.15, -0.1) is 0 Å². The van der Waals surface area contributed by atoms with Gasteiger partial charge in [-0.2, -0.15) is 5.26 Å². The summed E-state index contributed by atoms with van der Waals surface area (Å²) in [5, 5.41) is 11.8. The summed E-state index contributed by atoms with van der Waals surface area (Å²) in [6.45, 7) is 10.5. The highest BCUT2D eigenvalue weighted by atomic mass is 16.5. The highest BCUT2D eigenvalue weighted by molar-refractivity contribution is 5.94. The van der Waals surface area contributed by atoms with Crippen molar-refractivity contribution in [1.82, 2.24) is 5.32 Å². The molecule has 1 atom stereocenters. The van der Waals surface area contributed by atoms with E-state index in [1.165, 1.54) is 0 Å². The molecule has 5 heteroatoms. The van der Waals surface area contributed by atoms with Crippen LogP contribution in [0.4, 0.5) is 0 Å². The number of amides is 1. The maximum atomic E-state index is 12.2. The molecule has 0 bridgehead atoms. The maximum Gasteiger partial charge on any atom is 0.339 e. The Kier molecular flexibility index (Phi) is 5.91. The number of ether oxygens (including phenoxy) is 1. The van der Waals surface area contributed by atoms with Crippen LogP contribution in [-0.2, 0) is 9.53 Å². The minimum Gasteiger partial charge on any atom is -0.452 e. The Morgan fingerprint density at radius 2 is 1.78 bits per heavy atom. The van der Waals surface area contributed by atoms with Gasteiger partial charge in [-0.05, 0) is 44.7 Å². The average molecular weight is 316 g/mol. The molecular weight excluding hydrogens is 292 g/mol. The molecule has 5 nitrogen and oxygen atoms in total. The van der Waals surface area contributed by atoms with Gasteiger partial charge in [0.05, 0.1) is 11.6 Å². The zero-order valence-corrected chi connectivity index (χ0v) is 14.6. The fraction of sp³-hybridized carbons (Fsp3) is 0.500. The molecule has 0 aromatic heterocycles. The zero-order valence-electron chi connectivity index (χ0n) is 14.6. The smallest absolute Gasteiger partial charge is 0.339 e. The second kappa shape index (κ2) is 7.28. The number of nitrogens with one attached hydrogen (secondary N) is 1. The highest BCUT2D eigenvalue weighted by Crippen LogP contribution is 2.18. The van der Waals surface area contributed by atoms with E-state index in [2.05, 4.69) is 11.4 Å². The first kappa shape index (κ1) is 18.7. The third kappa shape index (κ3) is 4.56. The number of benzene rings is 1. The number of nitrogens with zero attached hydrogens (tertiary/aromatic N) is 1. The van der Waals surface area contributed by atoms with Gasteiger partial charge in [-0.3, -0.25) is 4.79 Å². The molecule has 1 rings (SSSR count). The Hall–Kier alpha value is -2.35. The molecule has 0 saturated carbocycles. The van der Waals surface area contributed by atoms with Crippen LogP contribution in [-0.4, -0.2) is 24.0 Å². The van der Waals surface area contributed by atoms with Crippen LogP contribution in [0.25, 0.3) is 0 Å². The molecule has 0 radical (unpaired) electrons. The van der Waals surface area contributed by atoms with Crippen molar-refractivity contribution >= 4 is 11.9 Å². The quantitative estimate of drug-likeness (QED) is 0.847. The fourth-order valence-electron chi connectivity index (χ4n) is 2.33. The Morgan fingerprint density at radius 1 is 1.26 bits per heavy atom. The second-order valence-electron chi connectivity index (χ2n) is 6.37. The Morgan fingerprint density at radius 3 is 2.22 bits per heavy atom. The van der Waals surface area contributed by atoms with Gasteiger partial charge in [0.15, 0.2) is 6.61 Å². The summed E-state index contributed by atoms with van der Waals surface area (Å²) < 4.78 is 5.10. The minimum absolute atomic E-state index is 0.0614. The van der Waals surface area contributed by atoms with E-state index in [4.69, 9.17) is 4.74 Å². The molecular formula is C18H24N2O3. The topological polar surface area (TPSA) is 79.2 Å². The number of carbonyl (C=O) groups is 2. The molecule has 1 amide bonds. The monoisotopic (exact) mass is 316 g/mol. The Bertz CT molecular complexity index is 636. The molecule has 124 valence electrons. The number of hydrogen-bond donors (Lipinski definition) is 1. The summed E-state index contributed by atoms with van der Waals surface area (Å²) in [5.41, 5.74) is 2.19. The molecule has 1 aromatic rings. The van der Waals surface area contributed by atoms with Crippen molar-refractivity contribution in [3.8, 4) is 6.07 Å². The molecule has 0 heterocycles. The van der Waals surface area contributed by atoms with Gasteiger partial charge in [-0.25, -0.2) is 4.79 Å². The first-order valence-corrected chi connectivity index (χ1v) is 7.58. The van der Waals surface area contributed by atoms with Crippen molar-refractivity contribution in [2.75, 3.05) is 6.61 Å². The zero-order chi connectivity index (χ0) is 17.8. The van der Waals surface area contributed by atoms with Crippen LogP contribution in [0.1, 0.15) is 47.8 Å². The van der Waals surface area contributed by atoms with Crippen LogP contribution < -0.4 is 5.32 Å². The van der Waals surface area contributed by atoms with E-state index in [1.807, 2.05) is 46.8 Å². The number of hydrogen-bond acceptors (Lipinski definition) is 4. The van der Waals surface area contributed by atoms with Gasteiger partial charge in [0.25, 0.3) is 5.91 Å². The van der Waals surface area contributed by atoms with Crippen LogP contribution >= 0.6 is 0 Å². The minimum atomic E-state index is -0.987. The molecule has 0 aliphatic heterocycles. The van der Waals surface area contributed by atoms with Crippen LogP contribution in [0, 0.1) is 38.0 Å². The SMILES string of the molecule is Cc1cc(C)c(C(=O)OCC(=O)N[C@@](C)(C#N)C(C)C)c(C)c1. The Labute approximate surface area is 137 Å². The largest absolute Gasteiger partial charge is 0.452 e. The summed E-state index contributed by atoms with van der Waals surface area (Å²) >= 11 is 0. The lowest BCUT2D eigenvalue weighted by atomic mass is 9.90. The fourth-order valence-corrected chi connectivity index (χ4v) is 2.33. The van der Waals surface area contributed by atoms with Crippen LogP contribution in [0.15, 0.2) is 12.1 Å². The molecule has 0 spiro atoms. The number of carbonyl (C=O) groups excluding carboxylic acids is 2. The third-order valence-electron chi connectivity index (χ3n) is 4.00. The van der Waals surface area contributed by atoms with Crippen molar-refractivity contribution in [2.45, 2.75) is 47.1 Å². The third-order valence-corrected chi connectivity index (χ3v) is 4.00. The van der Waals surface area contributed by atoms with Crippen molar-refractivity contribution in [1.29, 1.82) is 5.26 Å². The van der Waals surface area contributed by atoms with Crippen LogP contribution in [0.5, 0.6) is 0 Å². The van der Waals surface area contributed by atoms with Gasteiger partial charge >= 0.3 is 5.97 Å². The summed E-state index contributed by atoms with van der Waals surface area (Å²) in [4.78, 5) is 24.1. The number of nitriles is 1. The van der Waals surface area contributed by atoms with Crippen molar-refractivity contribution in [3.63, 3.8) is 0 Å². The predicted molar refractivity (Wildman–Crippen MR) is 87.9 cm³/mol. The van der Waals surface area contributed by atoms with E-state index in [1.54, 1.807) is 6.92 Å². The van der Waals surface area contributed by atoms with E-state index < -0.39 is 24.0 Å². The van der Waals surface area contributed by atoms with Crippen molar-refractivity contribution in [3.05, 3.63) is 34.4 Å². The van der Waals surface area contributed by atoms with E-state index >= 15 is 0 Å². The van der Waals surface area contributed by atoms with E-state index in [0.29, 0.717) is 5.56 Å². The highest BCUT2D eigenvalue weighted by Gasteiger charge is 2.30. The molecule has 0 aliphatic carbocycles. The van der Waals surface area contributed by atoms with E-state index in [9.17, 15) is 14.9 Å². The molecule has 0 aliphatic rings. The van der Waals surface area contributed by atoms with Gasteiger partial charge in [0.1, 0.15) is 5.54 Å². The van der Waals surface area contributed by atoms with Gasteiger partial charge in [0.2, 0.25) is 0 Å². The second-order valence-corrected chi connectivity index (χ2v) is 6.37. The van der Waals surface area contributed by atoms with Crippen molar-refractivity contribution in [2.24, 2.45) is 5.92 Å². The van der Waals surface area contributed by atoms with Gasteiger partial charge in [0, 0.05) is 0 Å². The standard InChI is InChI=1S/C18H24N2O3/c1-11(2)18(6,10-19)20-15(21)9-23-17(22)16-13(4)7-12(3)8-14(16)5/h7-8,11H,9H2,1-6H3,(H,20,21)/t18-/m0/s1. The molecule has 1 N–H and O–H groups in total. The van der Waals surface area contributed by atoms with E-state index in [0.717, 1.165) is 16.7 Å². The van der Waals surface area contributed by atoms with Gasteiger partial charge < -0.3 is 10.1 Å². The number of esters is 1. The molecule has 1 aromatic carbocycles. The number of aryl methyl sites for hydroxylation is 3. The lowest BCUT2D eigenvalue weighted by Crippen LogP contribution is -2.50. The Balaban J connectivity index is 2.75. The first-order valence-electron chi connectivity index (χ1n) is 7.58. The molecule has 23 heavy (non-hydrogen) atoms.